The summed E-state index contributed by atoms with van der Waals surface area (Å²) in [5, 5.41) is 3.61. The van der Waals surface area contributed by atoms with E-state index in [1.165, 1.54) is 22.4 Å². The van der Waals surface area contributed by atoms with Crippen LogP contribution in [0.15, 0.2) is 48.5 Å². The van der Waals surface area contributed by atoms with Gasteiger partial charge < -0.3 is 10.2 Å². The van der Waals surface area contributed by atoms with Gasteiger partial charge >= 0.3 is 0 Å². The van der Waals surface area contributed by atoms with Gasteiger partial charge in [-0.1, -0.05) is 50.2 Å². The van der Waals surface area contributed by atoms with Gasteiger partial charge in [0.2, 0.25) is 0 Å². The van der Waals surface area contributed by atoms with Crippen LogP contribution in [0.3, 0.4) is 0 Å². The lowest BCUT2D eigenvalue weighted by atomic mass is 9.96. The van der Waals surface area contributed by atoms with Crippen LogP contribution in [0, 0.1) is 0 Å². The van der Waals surface area contributed by atoms with E-state index in [4.69, 9.17) is 0 Å². The average Bonchev–Trinajstić information content (AvgIpc) is 2.52. The first-order chi connectivity index (χ1) is 10.2. The average molecular weight is 282 g/mol. The molecule has 2 heteroatoms. The van der Waals surface area contributed by atoms with E-state index >= 15 is 0 Å². The summed E-state index contributed by atoms with van der Waals surface area (Å²) in [7, 11) is 4.16. The van der Waals surface area contributed by atoms with Crippen LogP contribution in [-0.2, 0) is 6.42 Å². The second kappa shape index (κ2) is 7.28. The Bertz CT molecular complexity index is 575. The highest BCUT2D eigenvalue weighted by molar-refractivity contribution is 5.49. The third kappa shape index (κ3) is 3.85. The summed E-state index contributed by atoms with van der Waals surface area (Å²) in [6.45, 7) is 5.31. The maximum atomic E-state index is 3.61. The van der Waals surface area contributed by atoms with Crippen molar-refractivity contribution in [3.05, 3.63) is 65.2 Å². The first-order valence-corrected chi connectivity index (χ1v) is 7.75. The van der Waals surface area contributed by atoms with Crippen molar-refractivity contribution >= 4 is 5.69 Å². The fraction of sp³-hybridized carbons (Fsp3) is 0.368. The summed E-state index contributed by atoms with van der Waals surface area (Å²) in [4.78, 5) is 2.15. The van der Waals surface area contributed by atoms with Crippen LogP contribution in [0.5, 0.6) is 0 Å². The number of nitrogens with one attached hydrogen (secondary N) is 1. The number of aryl methyl sites for hydroxylation is 1. The van der Waals surface area contributed by atoms with Crippen LogP contribution in [0.1, 0.15) is 36.6 Å². The SMILES string of the molecule is CCNC(c1cccc(CC)c1)c1cccc(N(C)C)c1. The zero-order valence-corrected chi connectivity index (χ0v) is 13.6. The Balaban J connectivity index is 2.40. The normalized spacial score (nSPS) is 12.2. The lowest BCUT2D eigenvalue weighted by Crippen LogP contribution is -2.22. The molecule has 2 aromatic carbocycles. The zero-order chi connectivity index (χ0) is 15.2. The Kier molecular flexibility index (Phi) is 5.40. The topological polar surface area (TPSA) is 15.3 Å². The monoisotopic (exact) mass is 282 g/mol. The molecule has 0 radical (unpaired) electrons. The zero-order valence-electron chi connectivity index (χ0n) is 13.6. The molecule has 0 bridgehead atoms. The quantitative estimate of drug-likeness (QED) is 0.861. The number of hydrogen-bond acceptors (Lipinski definition) is 2. The van der Waals surface area contributed by atoms with Crippen LogP contribution in [-0.4, -0.2) is 20.6 Å². The van der Waals surface area contributed by atoms with Gasteiger partial charge in [-0.25, -0.2) is 0 Å². The van der Waals surface area contributed by atoms with Gasteiger partial charge in [-0.2, -0.15) is 0 Å². The Labute approximate surface area is 128 Å². The molecule has 2 rings (SSSR count). The molecule has 0 saturated heterocycles. The highest BCUT2D eigenvalue weighted by Crippen LogP contribution is 2.26. The summed E-state index contributed by atoms with van der Waals surface area (Å²) in [6.07, 6.45) is 1.07. The molecule has 1 atom stereocenters. The molecule has 21 heavy (non-hydrogen) atoms. The van der Waals surface area contributed by atoms with Gasteiger partial charge in [-0.3, -0.25) is 0 Å². The third-order valence-corrected chi connectivity index (χ3v) is 3.82. The molecule has 0 fully saturated rings. The molecule has 1 unspecified atom stereocenters. The Hall–Kier alpha value is -1.80. The van der Waals surface area contributed by atoms with Crippen LogP contribution >= 0.6 is 0 Å². The van der Waals surface area contributed by atoms with Gasteiger partial charge in [0, 0.05) is 19.8 Å². The van der Waals surface area contributed by atoms with Crippen molar-refractivity contribution in [2.45, 2.75) is 26.3 Å². The van der Waals surface area contributed by atoms with E-state index in [0.29, 0.717) is 0 Å². The lowest BCUT2D eigenvalue weighted by molar-refractivity contribution is 0.630. The molecule has 0 amide bonds. The summed E-state index contributed by atoms with van der Waals surface area (Å²) in [5.41, 5.74) is 5.28. The van der Waals surface area contributed by atoms with Crippen molar-refractivity contribution in [1.82, 2.24) is 5.32 Å². The molecule has 1 N–H and O–H groups in total. The molecule has 0 aliphatic rings. The van der Waals surface area contributed by atoms with Crippen molar-refractivity contribution in [3.63, 3.8) is 0 Å². The van der Waals surface area contributed by atoms with E-state index in [-0.39, 0.29) is 6.04 Å². The van der Waals surface area contributed by atoms with Crippen LogP contribution in [0.4, 0.5) is 5.69 Å². The Morgan fingerprint density at radius 2 is 1.62 bits per heavy atom. The number of benzene rings is 2. The maximum absolute atomic E-state index is 3.61. The molecule has 112 valence electrons. The van der Waals surface area contributed by atoms with Crippen molar-refractivity contribution in [1.29, 1.82) is 0 Å². The maximum Gasteiger partial charge on any atom is 0.0577 e. The smallest absolute Gasteiger partial charge is 0.0577 e. The first kappa shape index (κ1) is 15.6. The molecule has 0 aliphatic heterocycles. The van der Waals surface area contributed by atoms with Crippen molar-refractivity contribution in [2.75, 3.05) is 25.5 Å². The molecule has 2 aromatic rings. The summed E-state index contributed by atoms with van der Waals surface area (Å²) in [6, 6.07) is 17.9. The van der Waals surface area contributed by atoms with E-state index in [0.717, 1.165) is 13.0 Å². The second-order valence-corrected chi connectivity index (χ2v) is 5.58. The lowest BCUT2D eigenvalue weighted by Gasteiger charge is -2.22. The molecular formula is C19H26N2. The minimum Gasteiger partial charge on any atom is -0.378 e. The van der Waals surface area contributed by atoms with E-state index < -0.39 is 0 Å². The van der Waals surface area contributed by atoms with Crippen LogP contribution in [0.2, 0.25) is 0 Å². The molecule has 0 aromatic heterocycles. The van der Waals surface area contributed by atoms with E-state index in [9.17, 15) is 0 Å². The number of rotatable bonds is 6. The van der Waals surface area contributed by atoms with Crippen molar-refractivity contribution in [3.8, 4) is 0 Å². The molecular weight excluding hydrogens is 256 g/mol. The van der Waals surface area contributed by atoms with E-state index in [2.05, 4.69) is 86.7 Å². The highest BCUT2D eigenvalue weighted by Gasteiger charge is 2.14. The molecule has 2 nitrogen and oxygen atoms in total. The highest BCUT2D eigenvalue weighted by atomic mass is 15.1. The molecule has 0 saturated carbocycles. The number of nitrogens with zero attached hydrogens (tertiary/aromatic N) is 1. The van der Waals surface area contributed by atoms with Gasteiger partial charge in [0.25, 0.3) is 0 Å². The standard InChI is InChI=1S/C19H26N2/c1-5-15-9-7-10-16(13-15)19(20-6-2)17-11-8-12-18(14-17)21(3)4/h7-14,19-20H,5-6H2,1-4H3. The predicted octanol–water partition coefficient (Wildman–Crippen LogP) is 4.01. The minimum absolute atomic E-state index is 0.251. The van der Waals surface area contributed by atoms with Gasteiger partial charge in [0.1, 0.15) is 0 Å². The van der Waals surface area contributed by atoms with Gasteiger partial charge in [-0.05, 0) is 41.8 Å². The Morgan fingerprint density at radius 1 is 0.952 bits per heavy atom. The number of anilines is 1. The fourth-order valence-corrected chi connectivity index (χ4v) is 2.61. The van der Waals surface area contributed by atoms with E-state index in [1.54, 1.807) is 0 Å². The van der Waals surface area contributed by atoms with Crippen LogP contribution < -0.4 is 10.2 Å². The third-order valence-electron chi connectivity index (χ3n) is 3.82. The van der Waals surface area contributed by atoms with Crippen LogP contribution in [0.25, 0.3) is 0 Å². The summed E-state index contributed by atoms with van der Waals surface area (Å²) >= 11 is 0. The number of hydrogen-bond donors (Lipinski definition) is 1. The predicted molar refractivity (Wildman–Crippen MR) is 92.1 cm³/mol. The fourth-order valence-electron chi connectivity index (χ4n) is 2.61. The molecule has 0 aliphatic carbocycles. The largest absolute Gasteiger partial charge is 0.378 e. The minimum atomic E-state index is 0.251. The van der Waals surface area contributed by atoms with Gasteiger partial charge in [0.15, 0.2) is 0 Å². The van der Waals surface area contributed by atoms with Gasteiger partial charge in [0.05, 0.1) is 6.04 Å². The van der Waals surface area contributed by atoms with Crippen molar-refractivity contribution in [2.24, 2.45) is 0 Å². The second-order valence-electron chi connectivity index (χ2n) is 5.58. The molecule has 0 spiro atoms. The summed E-state index contributed by atoms with van der Waals surface area (Å²) in [5.74, 6) is 0. The first-order valence-electron chi connectivity index (χ1n) is 7.75. The van der Waals surface area contributed by atoms with Crippen molar-refractivity contribution < 1.29 is 0 Å². The summed E-state index contributed by atoms with van der Waals surface area (Å²) < 4.78 is 0. The van der Waals surface area contributed by atoms with Gasteiger partial charge in [-0.15, -0.1) is 0 Å². The van der Waals surface area contributed by atoms with E-state index in [1.807, 2.05) is 0 Å². The Morgan fingerprint density at radius 3 is 2.24 bits per heavy atom. The molecule has 0 heterocycles.